The van der Waals surface area contributed by atoms with Gasteiger partial charge in [-0.25, -0.2) is 0 Å². The molecular weight excluding hydrogens is 445 g/mol. The van der Waals surface area contributed by atoms with Gasteiger partial charge in [-0.2, -0.15) is 5.26 Å². The van der Waals surface area contributed by atoms with Gasteiger partial charge in [0.15, 0.2) is 5.75 Å². The van der Waals surface area contributed by atoms with Crippen LogP contribution in [0.5, 0.6) is 11.5 Å². The maximum Gasteiger partial charge on any atom is 0.573 e. The highest BCUT2D eigenvalue weighted by molar-refractivity contribution is 5.94. The molecule has 1 aliphatic carbocycles. The van der Waals surface area contributed by atoms with Crippen molar-refractivity contribution in [2.24, 2.45) is 10.8 Å². The number of nitrogens with zero attached hydrogens (tertiary/aromatic N) is 1. The van der Waals surface area contributed by atoms with Crippen LogP contribution in [-0.2, 0) is 0 Å². The second-order valence-corrected chi connectivity index (χ2v) is 10.1. The van der Waals surface area contributed by atoms with Gasteiger partial charge in [-0.15, -0.1) is 13.2 Å². The normalized spacial score (nSPS) is 20.7. The number of benzene rings is 2. The zero-order chi connectivity index (χ0) is 25.5. The van der Waals surface area contributed by atoms with Crippen LogP contribution in [0.2, 0.25) is 0 Å². The topological polar surface area (TPSA) is 71.3 Å². The number of rotatable bonds is 6. The maximum absolute atomic E-state index is 12.9. The fourth-order valence-corrected chi connectivity index (χ4v) is 5.05. The summed E-state index contributed by atoms with van der Waals surface area (Å²) >= 11 is 0. The van der Waals surface area contributed by atoms with Crippen LogP contribution in [0.15, 0.2) is 42.5 Å². The molecule has 1 aliphatic rings. The molecule has 5 nitrogen and oxygen atoms in total. The van der Waals surface area contributed by atoms with Crippen molar-refractivity contribution in [3.8, 4) is 17.6 Å². The molecule has 0 unspecified atom stereocenters. The van der Waals surface area contributed by atoms with E-state index in [-0.39, 0.29) is 23.3 Å². The third kappa shape index (κ3) is 4.98. The molecular formula is C26H29F3N2O3. The molecule has 1 fully saturated rings. The van der Waals surface area contributed by atoms with Crippen LogP contribution < -0.4 is 14.8 Å². The van der Waals surface area contributed by atoms with Crippen molar-refractivity contribution in [1.82, 2.24) is 5.32 Å². The lowest BCUT2D eigenvalue weighted by Crippen LogP contribution is -2.74. The number of carbonyl (C=O) groups is 1. The molecule has 0 saturated heterocycles. The third-order valence-electron chi connectivity index (χ3n) is 6.51. The minimum atomic E-state index is -4.93. The molecule has 0 radical (unpaired) electrons. The number of hydrogen-bond acceptors (Lipinski definition) is 4. The lowest BCUT2D eigenvalue weighted by Gasteiger charge is -2.63. The standard InChI is InChI=1S/C26H29F3N2O3/c1-15(2)16-7-9-17(10-8-16)21(32)31-22-24(3,4)23(25(22,5)6)33-19-12-11-18(14-30)20(13-19)34-26(27,28)29/h7-13,15,22-23H,1-6H3,(H,31,32). The van der Waals surface area contributed by atoms with E-state index >= 15 is 0 Å². The largest absolute Gasteiger partial charge is 0.573 e. The first kappa shape index (κ1) is 25.4. The van der Waals surface area contributed by atoms with Gasteiger partial charge < -0.3 is 14.8 Å². The first-order chi connectivity index (χ1) is 15.7. The Bertz CT molecular complexity index is 1080. The molecule has 0 atom stereocenters. The summed E-state index contributed by atoms with van der Waals surface area (Å²) in [4.78, 5) is 12.9. The Morgan fingerprint density at radius 2 is 1.65 bits per heavy atom. The minimum Gasteiger partial charge on any atom is -0.489 e. The molecule has 1 amide bonds. The van der Waals surface area contributed by atoms with Gasteiger partial charge >= 0.3 is 6.36 Å². The summed E-state index contributed by atoms with van der Waals surface area (Å²) in [5.74, 6) is -0.293. The van der Waals surface area contributed by atoms with E-state index in [0.717, 1.165) is 11.6 Å². The predicted molar refractivity (Wildman–Crippen MR) is 122 cm³/mol. The van der Waals surface area contributed by atoms with E-state index < -0.39 is 29.0 Å². The quantitative estimate of drug-likeness (QED) is 0.542. The average molecular weight is 475 g/mol. The van der Waals surface area contributed by atoms with Crippen molar-refractivity contribution in [2.75, 3.05) is 0 Å². The van der Waals surface area contributed by atoms with Crippen molar-refractivity contribution in [3.05, 3.63) is 59.2 Å². The average Bonchev–Trinajstić information content (AvgIpc) is 2.74. The van der Waals surface area contributed by atoms with E-state index in [9.17, 15) is 18.0 Å². The number of nitrogens with one attached hydrogen (secondary N) is 1. The van der Waals surface area contributed by atoms with Gasteiger partial charge in [-0.05, 0) is 35.7 Å². The van der Waals surface area contributed by atoms with Gasteiger partial charge in [-0.1, -0.05) is 53.7 Å². The van der Waals surface area contributed by atoms with Crippen LogP contribution in [0.1, 0.15) is 68.9 Å². The summed E-state index contributed by atoms with van der Waals surface area (Å²) in [6, 6.07) is 12.7. The van der Waals surface area contributed by atoms with Crippen molar-refractivity contribution >= 4 is 5.91 Å². The van der Waals surface area contributed by atoms with E-state index in [1.165, 1.54) is 12.1 Å². The van der Waals surface area contributed by atoms with Gasteiger partial charge in [-0.3, -0.25) is 4.79 Å². The maximum atomic E-state index is 12.9. The minimum absolute atomic E-state index is 0.151. The molecule has 3 rings (SSSR count). The van der Waals surface area contributed by atoms with E-state index in [2.05, 4.69) is 23.9 Å². The highest BCUT2D eigenvalue weighted by atomic mass is 19.4. The van der Waals surface area contributed by atoms with Gasteiger partial charge in [0.05, 0.1) is 5.56 Å². The monoisotopic (exact) mass is 474 g/mol. The third-order valence-corrected chi connectivity index (χ3v) is 6.51. The fourth-order valence-electron chi connectivity index (χ4n) is 5.05. The molecule has 2 aromatic carbocycles. The number of alkyl halides is 3. The number of carbonyl (C=O) groups excluding carboxylic acids is 1. The molecule has 2 aromatic rings. The summed E-state index contributed by atoms with van der Waals surface area (Å²) in [7, 11) is 0. The Morgan fingerprint density at radius 1 is 1.06 bits per heavy atom. The Kier molecular flexibility index (Phi) is 6.62. The molecule has 182 valence electrons. The van der Waals surface area contributed by atoms with E-state index in [1.807, 2.05) is 39.8 Å². The lowest BCUT2D eigenvalue weighted by molar-refractivity contribution is -0.274. The van der Waals surface area contributed by atoms with Gasteiger partial charge in [0.25, 0.3) is 5.91 Å². The smallest absolute Gasteiger partial charge is 0.489 e. The number of ether oxygens (including phenoxy) is 2. The number of halogens is 3. The molecule has 8 heteroatoms. The van der Waals surface area contributed by atoms with Crippen LogP contribution in [0.3, 0.4) is 0 Å². The van der Waals surface area contributed by atoms with E-state index in [0.29, 0.717) is 11.5 Å². The summed E-state index contributed by atoms with van der Waals surface area (Å²) < 4.78 is 48.3. The second-order valence-electron chi connectivity index (χ2n) is 10.1. The number of hydrogen-bond donors (Lipinski definition) is 1. The van der Waals surface area contributed by atoms with Crippen LogP contribution in [0, 0.1) is 22.2 Å². The number of nitriles is 1. The lowest BCUT2D eigenvalue weighted by atomic mass is 9.49. The summed E-state index contributed by atoms with van der Waals surface area (Å²) in [5.41, 5.74) is 0.420. The van der Waals surface area contributed by atoms with Crippen LogP contribution in [0.25, 0.3) is 0 Å². The van der Waals surface area contributed by atoms with Crippen molar-refractivity contribution in [3.63, 3.8) is 0 Å². The molecule has 1 saturated carbocycles. The second kappa shape index (κ2) is 8.86. The molecule has 0 spiro atoms. The Labute approximate surface area is 197 Å². The molecule has 0 aliphatic heterocycles. The Balaban J connectivity index is 1.77. The Morgan fingerprint density at radius 3 is 2.15 bits per heavy atom. The Hall–Kier alpha value is -3.21. The summed E-state index contributed by atoms with van der Waals surface area (Å²) in [6.45, 7) is 11.9. The van der Waals surface area contributed by atoms with Gasteiger partial charge in [0.1, 0.15) is 17.9 Å². The zero-order valence-electron chi connectivity index (χ0n) is 20.1. The highest BCUT2D eigenvalue weighted by Crippen LogP contribution is 2.55. The van der Waals surface area contributed by atoms with Crippen LogP contribution in [0.4, 0.5) is 13.2 Å². The highest BCUT2D eigenvalue weighted by Gasteiger charge is 2.64. The SMILES string of the molecule is CC(C)c1ccc(C(=O)NC2C(C)(C)C(Oc3ccc(C#N)c(OC(F)(F)F)c3)C2(C)C)cc1. The van der Waals surface area contributed by atoms with Crippen LogP contribution >= 0.6 is 0 Å². The van der Waals surface area contributed by atoms with Gasteiger partial charge in [0, 0.05) is 28.5 Å². The van der Waals surface area contributed by atoms with E-state index in [4.69, 9.17) is 10.00 Å². The predicted octanol–water partition coefficient (Wildman–Crippen LogP) is 6.19. The molecule has 34 heavy (non-hydrogen) atoms. The van der Waals surface area contributed by atoms with Gasteiger partial charge in [0.2, 0.25) is 0 Å². The summed E-state index contributed by atoms with van der Waals surface area (Å²) in [5, 5.41) is 12.2. The first-order valence-electron chi connectivity index (χ1n) is 11.0. The molecule has 0 bridgehead atoms. The number of amides is 1. The molecule has 1 N–H and O–H groups in total. The van der Waals surface area contributed by atoms with Crippen molar-refractivity contribution in [1.29, 1.82) is 5.26 Å². The van der Waals surface area contributed by atoms with Crippen molar-refractivity contribution < 1.29 is 27.4 Å². The first-order valence-corrected chi connectivity index (χ1v) is 11.0. The molecule has 0 heterocycles. The fraction of sp³-hybridized carbons (Fsp3) is 0.462. The van der Waals surface area contributed by atoms with Crippen molar-refractivity contribution in [2.45, 2.75) is 66.0 Å². The molecule has 0 aromatic heterocycles. The summed E-state index contributed by atoms with van der Waals surface area (Å²) in [6.07, 6.45) is -5.34. The van der Waals surface area contributed by atoms with E-state index in [1.54, 1.807) is 18.2 Å². The zero-order valence-corrected chi connectivity index (χ0v) is 20.1. The van der Waals surface area contributed by atoms with Crippen LogP contribution in [-0.4, -0.2) is 24.4 Å².